The minimum absolute atomic E-state index is 0.0132. The van der Waals surface area contributed by atoms with E-state index in [0.717, 1.165) is 22.2 Å². The van der Waals surface area contributed by atoms with Gasteiger partial charge in [-0.2, -0.15) is 0 Å². The summed E-state index contributed by atoms with van der Waals surface area (Å²) in [6.45, 7) is 5.00. The Balaban J connectivity index is 1.87. The van der Waals surface area contributed by atoms with Crippen LogP contribution >= 0.6 is 0 Å². The molecule has 1 saturated carbocycles. The van der Waals surface area contributed by atoms with Crippen molar-refractivity contribution in [1.29, 1.82) is 0 Å². The molecule has 1 aliphatic carbocycles. The first-order chi connectivity index (χ1) is 13.0. The Kier molecular flexibility index (Phi) is 3.63. The number of phenols is 1. The van der Waals surface area contributed by atoms with E-state index >= 15 is 0 Å². The lowest BCUT2D eigenvalue weighted by molar-refractivity contribution is -0.0485. The third kappa shape index (κ3) is 2.43. The molecule has 1 aliphatic heterocycles. The highest BCUT2D eigenvalue weighted by atomic mass is 19.1. The average Bonchev–Trinajstić information content (AvgIpc) is 2.95. The second-order valence-electron chi connectivity index (χ2n) is 8.55. The Bertz CT molecular complexity index is 1020. The van der Waals surface area contributed by atoms with Crippen molar-refractivity contribution in [3.63, 3.8) is 0 Å². The second kappa shape index (κ2) is 5.83. The number of phenolic OH excluding ortho intramolecular Hbond substituents is 1. The molecule has 3 aromatic rings. The molecule has 1 fully saturated rings. The quantitative estimate of drug-likeness (QED) is 0.639. The van der Waals surface area contributed by atoms with Crippen LogP contribution in [0.4, 0.5) is 4.39 Å². The molecule has 0 saturated heterocycles. The molecule has 27 heavy (non-hydrogen) atoms. The van der Waals surface area contributed by atoms with E-state index in [1.807, 2.05) is 24.3 Å². The SMILES string of the molecule is CC1(C)COC(C2CCC2)c2c1n(-c1ccc(F)cc1)c1cccc(O)c21. The molecule has 140 valence electrons. The van der Waals surface area contributed by atoms with Crippen molar-refractivity contribution in [3.8, 4) is 11.4 Å². The van der Waals surface area contributed by atoms with Crippen LogP contribution < -0.4 is 0 Å². The van der Waals surface area contributed by atoms with Gasteiger partial charge in [0, 0.05) is 27.7 Å². The van der Waals surface area contributed by atoms with Crippen molar-refractivity contribution in [3.05, 3.63) is 59.5 Å². The van der Waals surface area contributed by atoms with Gasteiger partial charge in [0.15, 0.2) is 0 Å². The monoisotopic (exact) mass is 365 g/mol. The van der Waals surface area contributed by atoms with Crippen LogP contribution in [-0.4, -0.2) is 16.3 Å². The standard InChI is InChI=1S/C23H24FNO2/c1-23(2)13-27-21(14-5-3-6-14)20-19-17(7-4-8-18(19)26)25(22(20)23)16-11-9-15(24)10-12-16/h4,7-12,14,21,26H,3,5-6,13H2,1-2H3. The molecule has 0 radical (unpaired) electrons. The van der Waals surface area contributed by atoms with Gasteiger partial charge in [0.2, 0.25) is 0 Å². The number of hydrogen-bond donors (Lipinski definition) is 1. The van der Waals surface area contributed by atoms with Crippen LogP contribution in [0.3, 0.4) is 0 Å². The number of ether oxygens (including phenoxy) is 1. The van der Waals surface area contributed by atoms with Gasteiger partial charge in [0.05, 0.1) is 18.2 Å². The molecular formula is C23H24FNO2. The van der Waals surface area contributed by atoms with Crippen molar-refractivity contribution in [1.82, 2.24) is 4.57 Å². The topological polar surface area (TPSA) is 34.4 Å². The molecule has 0 bridgehead atoms. The molecule has 3 nitrogen and oxygen atoms in total. The first-order valence-corrected chi connectivity index (χ1v) is 9.72. The summed E-state index contributed by atoms with van der Waals surface area (Å²) < 4.78 is 22.1. The first kappa shape index (κ1) is 16.8. The van der Waals surface area contributed by atoms with Gasteiger partial charge in [0.1, 0.15) is 11.6 Å². The van der Waals surface area contributed by atoms with Crippen LogP contribution in [0.1, 0.15) is 50.5 Å². The van der Waals surface area contributed by atoms with Gasteiger partial charge in [-0.05, 0) is 55.2 Å². The van der Waals surface area contributed by atoms with E-state index in [2.05, 4.69) is 18.4 Å². The van der Waals surface area contributed by atoms with E-state index in [0.29, 0.717) is 12.5 Å². The summed E-state index contributed by atoms with van der Waals surface area (Å²) in [5, 5.41) is 11.6. The fraction of sp³-hybridized carbons (Fsp3) is 0.391. The molecule has 5 rings (SSSR count). The minimum Gasteiger partial charge on any atom is -0.507 e. The summed E-state index contributed by atoms with van der Waals surface area (Å²) in [6.07, 6.45) is 3.59. The average molecular weight is 365 g/mol. The van der Waals surface area contributed by atoms with Gasteiger partial charge < -0.3 is 14.4 Å². The van der Waals surface area contributed by atoms with Crippen LogP contribution in [0.2, 0.25) is 0 Å². The molecule has 1 unspecified atom stereocenters. The largest absolute Gasteiger partial charge is 0.507 e. The fourth-order valence-corrected chi connectivity index (χ4v) is 4.72. The van der Waals surface area contributed by atoms with Gasteiger partial charge in [-0.1, -0.05) is 26.3 Å². The Morgan fingerprint density at radius 3 is 2.52 bits per heavy atom. The zero-order valence-electron chi connectivity index (χ0n) is 15.7. The number of halogens is 1. The highest BCUT2D eigenvalue weighted by molar-refractivity contribution is 5.93. The van der Waals surface area contributed by atoms with E-state index in [1.165, 1.54) is 37.1 Å². The third-order valence-electron chi connectivity index (χ3n) is 6.22. The second-order valence-corrected chi connectivity index (χ2v) is 8.55. The van der Waals surface area contributed by atoms with Crippen molar-refractivity contribution < 1.29 is 14.2 Å². The Hall–Kier alpha value is -2.33. The summed E-state index contributed by atoms with van der Waals surface area (Å²) in [5.74, 6) is 0.545. The smallest absolute Gasteiger partial charge is 0.125 e. The number of benzene rings is 2. The van der Waals surface area contributed by atoms with Gasteiger partial charge in [0.25, 0.3) is 0 Å². The maximum absolute atomic E-state index is 13.5. The molecule has 0 amide bonds. The zero-order valence-corrected chi connectivity index (χ0v) is 15.7. The summed E-state index contributed by atoms with van der Waals surface area (Å²) in [6, 6.07) is 12.3. The Morgan fingerprint density at radius 2 is 1.85 bits per heavy atom. The fourth-order valence-electron chi connectivity index (χ4n) is 4.72. The van der Waals surface area contributed by atoms with Crippen LogP contribution in [0.15, 0.2) is 42.5 Å². The lowest BCUT2D eigenvalue weighted by Crippen LogP contribution is -2.37. The van der Waals surface area contributed by atoms with Crippen LogP contribution in [0.25, 0.3) is 16.6 Å². The predicted octanol–water partition coefficient (Wildman–Crippen LogP) is 5.62. The molecule has 2 aromatic carbocycles. The van der Waals surface area contributed by atoms with E-state index in [-0.39, 0.29) is 23.1 Å². The lowest BCUT2D eigenvalue weighted by Gasteiger charge is -2.42. The summed E-state index contributed by atoms with van der Waals surface area (Å²) in [7, 11) is 0. The molecule has 2 heterocycles. The number of aromatic hydroxyl groups is 1. The molecule has 1 atom stereocenters. The number of fused-ring (bicyclic) bond motifs is 3. The zero-order chi connectivity index (χ0) is 18.8. The van der Waals surface area contributed by atoms with Crippen molar-refractivity contribution in [2.75, 3.05) is 6.61 Å². The lowest BCUT2D eigenvalue weighted by atomic mass is 9.74. The van der Waals surface area contributed by atoms with E-state index in [1.54, 1.807) is 6.07 Å². The number of rotatable bonds is 2. The van der Waals surface area contributed by atoms with E-state index < -0.39 is 0 Å². The van der Waals surface area contributed by atoms with Gasteiger partial charge in [-0.15, -0.1) is 0 Å². The van der Waals surface area contributed by atoms with Crippen molar-refractivity contribution in [2.45, 2.75) is 44.6 Å². The summed E-state index contributed by atoms with van der Waals surface area (Å²) in [5.41, 5.74) is 3.95. The predicted molar refractivity (Wildman–Crippen MR) is 104 cm³/mol. The Labute approximate surface area is 158 Å². The summed E-state index contributed by atoms with van der Waals surface area (Å²) in [4.78, 5) is 0. The molecule has 2 aliphatic rings. The summed E-state index contributed by atoms with van der Waals surface area (Å²) >= 11 is 0. The van der Waals surface area contributed by atoms with Crippen molar-refractivity contribution in [2.24, 2.45) is 5.92 Å². The molecule has 1 aromatic heterocycles. The molecule has 0 spiro atoms. The maximum atomic E-state index is 13.5. The maximum Gasteiger partial charge on any atom is 0.125 e. The van der Waals surface area contributed by atoms with Crippen molar-refractivity contribution >= 4 is 10.9 Å². The number of nitrogens with zero attached hydrogens (tertiary/aromatic N) is 1. The Morgan fingerprint density at radius 1 is 1.11 bits per heavy atom. The normalized spacial score (nSPS) is 21.8. The molecule has 4 heteroatoms. The van der Waals surface area contributed by atoms with Crippen LogP contribution in [-0.2, 0) is 10.2 Å². The first-order valence-electron chi connectivity index (χ1n) is 9.72. The van der Waals surface area contributed by atoms with Gasteiger partial charge in [-0.25, -0.2) is 4.39 Å². The number of aromatic nitrogens is 1. The van der Waals surface area contributed by atoms with Crippen LogP contribution in [0.5, 0.6) is 5.75 Å². The van der Waals surface area contributed by atoms with Crippen LogP contribution in [0, 0.1) is 11.7 Å². The molecule has 1 N–H and O–H groups in total. The van der Waals surface area contributed by atoms with Gasteiger partial charge >= 0.3 is 0 Å². The molecular weight excluding hydrogens is 341 g/mol. The number of hydrogen-bond acceptors (Lipinski definition) is 2. The minimum atomic E-state index is -0.248. The highest BCUT2D eigenvalue weighted by Gasteiger charge is 2.43. The van der Waals surface area contributed by atoms with E-state index in [4.69, 9.17) is 4.74 Å². The third-order valence-corrected chi connectivity index (χ3v) is 6.22. The van der Waals surface area contributed by atoms with Gasteiger partial charge in [-0.3, -0.25) is 0 Å². The van der Waals surface area contributed by atoms with E-state index in [9.17, 15) is 9.50 Å². The highest BCUT2D eigenvalue weighted by Crippen LogP contribution is 2.52.